The van der Waals surface area contributed by atoms with E-state index in [9.17, 15) is 26.7 Å². The first-order valence-corrected chi connectivity index (χ1v) is 10.6. The van der Waals surface area contributed by atoms with Crippen LogP contribution in [0.4, 0.5) is 33.5 Å². The van der Waals surface area contributed by atoms with Gasteiger partial charge in [-0.25, -0.2) is 13.8 Å². The van der Waals surface area contributed by atoms with E-state index < -0.39 is 29.3 Å². The molecule has 1 aromatic heterocycles. The highest BCUT2D eigenvalue weighted by molar-refractivity contribution is 6.04. The molecule has 4 rings (SSSR count). The molecule has 5 nitrogen and oxygen atoms in total. The number of hydrogen-bond donors (Lipinski definition) is 1. The molecule has 1 aliphatic rings. The van der Waals surface area contributed by atoms with E-state index in [4.69, 9.17) is 0 Å². The zero-order chi connectivity index (χ0) is 24.3. The lowest BCUT2D eigenvalue weighted by molar-refractivity contribution is -0.138. The van der Waals surface area contributed by atoms with Crippen molar-refractivity contribution in [1.82, 2.24) is 9.88 Å². The maximum absolute atomic E-state index is 13.8. The summed E-state index contributed by atoms with van der Waals surface area (Å²) in [4.78, 5) is 20.5. The number of amides is 1. The zero-order valence-electron chi connectivity index (χ0n) is 17.9. The van der Waals surface area contributed by atoms with Crippen LogP contribution in [-0.4, -0.2) is 42.0 Å². The number of nitrogens with one attached hydrogen (secondary N) is 1. The van der Waals surface area contributed by atoms with Crippen LogP contribution in [0.5, 0.6) is 0 Å². The smallest absolute Gasteiger partial charge is 0.354 e. The number of pyridine rings is 1. The Morgan fingerprint density at radius 3 is 2.35 bits per heavy atom. The van der Waals surface area contributed by atoms with Crippen LogP contribution in [0.15, 0.2) is 60.8 Å². The van der Waals surface area contributed by atoms with E-state index in [0.717, 1.165) is 18.2 Å². The molecule has 1 fully saturated rings. The van der Waals surface area contributed by atoms with E-state index in [1.807, 2.05) is 9.80 Å². The second-order valence-corrected chi connectivity index (χ2v) is 7.90. The van der Waals surface area contributed by atoms with Crippen molar-refractivity contribution in [2.45, 2.75) is 12.7 Å². The molecule has 3 aromatic rings. The second kappa shape index (κ2) is 9.76. The second-order valence-electron chi connectivity index (χ2n) is 7.90. The highest BCUT2D eigenvalue weighted by Gasteiger charge is 2.33. The first kappa shape index (κ1) is 23.6. The number of carbonyl (C=O) groups excluding carboxylic acids is 1. The topological polar surface area (TPSA) is 48.5 Å². The van der Waals surface area contributed by atoms with Gasteiger partial charge in [0.25, 0.3) is 5.91 Å². The molecule has 34 heavy (non-hydrogen) atoms. The summed E-state index contributed by atoms with van der Waals surface area (Å²) in [5.74, 6) is -1.80. The van der Waals surface area contributed by atoms with Crippen LogP contribution < -0.4 is 10.2 Å². The van der Waals surface area contributed by atoms with Gasteiger partial charge < -0.3 is 10.2 Å². The third kappa shape index (κ3) is 5.51. The predicted molar refractivity (Wildman–Crippen MR) is 117 cm³/mol. The molecule has 0 spiro atoms. The summed E-state index contributed by atoms with van der Waals surface area (Å²) in [5, 5.41) is 2.52. The predicted octanol–water partition coefficient (Wildman–Crippen LogP) is 4.95. The van der Waals surface area contributed by atoms with E-state index in [1.165, 1.54) is 18.3 Å². The lowest BCUT2D eigenvalue weighted by atomic mass is 10.1. The van der Waals surface area contributed by atoms with Gasteiger partial charge in [-0.15, -0.1) is 0 Å². The molecule has 1 saturated heterocycles. The van der Waals surface area contributed by atoms with Gasteiger partial charge in [-0.1, -0.05) is 18.2 Å². The number of anilines is 2. The summed E-state index contributed by atoms with van der Waals surface area (Å²) < 4.78 is 66.5. The van der Waals surface area contributed by atoms with Gasteiger partial charge in [-0.05, 0) is 35.9 Å². The van der Waals surface area contributed by atoms with E-state index >= 15 is 0 Å². The number of rotatable bonds is 5. The number of alkyl halides is 3. The molecule has 1 N–H and O–H groups in total. The lowest BCUT2D eigenvalue weighted by Crippen LogP contribution is -2.46. The van der Waals surface area contributed by atoms with Gasteiger partial charge in [0.1, 0.15) is 17.5 Å². The van der Waals surface area contributed by atoms with Crippen LogP contribution in [0.25, 0.3) is 0 Å². The number of hydrogen-bond acceptors (Lipinski definition) is 4. The summed E-state index contributed by atoms with van der Waals surface area (Å²) in [6.45, 7) is 2.50. The van der Waals surface area contributed by atoms with Crippen LogP contribution in [0.1, 0.15) is 21.5 Å². The number of carbonyl (C=O) groups is 1. The SMILES string of the molecule is O=C(Nc1ccc(N2CCN(Cc3ccccc3C(F)(F)F)CC2)nc1)c1ccc(F)cc1F. The molecule has 1 amide bonds. The molecule has 2 heterocycles. The quantitative estimate of drug-likeness (QED) is 0.530. The van der Waals surface area contributed by atoms with Crippen LogP contribution in [-0.2, 0) is 12.7 Å². The Hall–Kier alpha value is -3.53. The van der Waals surface area contributed by atoms with E-state index in [0.29, 0.717) is 43.8 Å². The van der Waals surface area contributed by atoms with E-state index in [1.54, 1.807) is 18.2 Å². The van der Waals surface area contributed by atoms with Crippen LogP contribution in [0.3, 0.4) is 0 Å². The Labute approximate surface area is 192 Å². The van der Waals surface area contributed by atoms with Crippen molar-refractivity contribution in [3.63, 3.8) is 0 Å². The molecular weight excluding hydrogens is 455 g/mol. The number of nitrogens with zero attached hydrogens (tertiary/aromatic N) is 3. The Balaban J connectivity index is 1.33. The Bertz CT molecular complexity index is 1160. The van der Waals surface area contributed by atoms with Crippen molar-refractivity contribution in [2.24, 2.45) is 0 Å². The maximum atomic E-state index is 13.8. The highest BCUT2D eigenvalue weighted by Crippen LogP contribution is 2.32. The van der Waals surface area contributed by atoms with Crippen molar-refractivity contribution >= 4 is 17.4 Å². The minimum atomic E-state index is -4.39. The van der Waals surface area contributed by atoms with Crippen LogP contribution in [0.2, 0.25) is 0 Å². The number of piperazine rings is 1. The summed E-state index contributed by atoms with van der Waals surface area (Å²) in [7, 11) is 0. The molecule has 0 bridgehead atoms. The third-order valence-corrected chi connectivity index (χ3v) is 5.59. The minimum Gasteiger partial charge on any atom is -0.354 e. The maximum Gasteiger partial charge on any atom is 0.416 e. The minimum absolute atomic E-state index is 0.210. The summed E-state index contributed by atoms with van der Waals surface area (Å²) in [5.41, 5.74) is -0.301. The molecule has 10 heteroatoms. The van der Waals surface area contributed by atoms with Crippen molar-refractivity contribution in [2.75, 3.05) is 36.4 Å². The summed E-state index contributed by atoms with van der Waals surface area (Å²) in [6.07, 6.45) is -2.96. The monoisotopic (exact) mass is 476 g/mol. The Morgan fingerprint density at radius 2 is 1.71 bits per heavy atom. The molecule has 178 valence electrons. The van der Waals surface area contributed by atoms with E-state index in [-0.39, 0.29) is 17.7 Å². The van der Waals surface area contributed by atoms with Gasteiger partial charge in [0.15, 0.2) is 0 Å². The van der Waals surface area contributed by atoms with Crippen LogP contribution >= 0.6 is 0 Å². The molecule has 0 saturated carbocycles. The van der Waals surface area contributed by atoms with Crippen molar-refractivity contribution in [3.05, 3.63) is 89.1 Å². The Kier molecular flexibility index (Phi) is 6.78. The lowest BCUT2D eigenvalue weighted by Gasteiger charge is -2.35. The van der Waals surface area contributed by atoms with Gasteiger partial charge in [0.2, 0.25) is 0 Å². The summed E-state index contributed by atoms with van der Waals surface area (Å²) >= 11 is 0. The molecule has 1 aliphatic heterocycles. The standard InChI is InChI=1S/C24H21F5N4O/c25-17-5-7-19(21(26)13-17)23(34)31-18-6-8-22(30-14-18)33-11-9-32(10-12-33)15-16-3-1-2-4-20(16)24(27,28)29/h1-8,13-14H,9-12,15H2,(H,31,34). The first-order chi connectivity index (χ1) is 16.2. The fourth-order valence-electron chi connectivity index (χ4n) is 3.83. The fourth-order valence-corrected chi connectivity index (χ4v) is 3.83. The molecule has 0 atom stereocenters. The molecule has 2 aromatic carbocycles. The van der Waals surface area contributed by atoms with Gasteiger partial charge in [-0.3, -0.25) is 9.69 Å². The fraction of sp³-hybridized carbons (Fsp3) is 0.250. The third-order valence-electron chi connectivity index (χ3n) is 5.59. The Morgan fingerprint density at radius 1 is 0.971 bits per heavy atom. The van der Waals surface area contributed by atoms with Gasteiger partial charge in [0.05, 0.1) is 23.0 Å². The van der Waals surface area contributed by atoms with Crippen molar-refractivity contribution < 1.29 is 26.7 Å². The number of benzene rings is 2. The number of aromatic nitrogens is 1. The van der Waals surface area contributed by atoms with Crippen molar-refractivity contribution in [3.8, 4) is 0 Å². The first-order valence-electron chi connectivity index (χ1n) is 10.6. The largest absolute Gasteiger partial charge is 0.416 e. The molecule has 0 unspecified atom stereocenters. The van der Waals surface area contributed by atoms with Gasteiger partial charge in [-0.2, -0.15) is 13.2 Å². The van der Waals surface area contributed by atoms with E-state index in [2.05, 4.69) is 10.3 Å². The average Bonchev–Trinajstić information content (AvgIpc) is 2.80. The van der Waals surface area contributed by atoms with Gasteiger partial charge >= 0.3 is 6.18 Å². The zero-order valence-corrected chi connectivity index (χ0v) is 17.9. The van der Waals surface area contributed by atoms with Crippen LogP contribution in [0, 0.1) is 11.6 Å². The number of halogens is 5. The average molecular weight is 476 g/mol. The van der Waals surface area contributed by atoms with Crippen molar-refractivity contribution in [1.29, 1.82) is 0 Å². The molecular formula is C24H21F5N4O. The molecule has 0 aliphatic carbocycles. The van der Waals surface area contributed by atoms with Gasteiger partial charge in [0, 0.05) is 38.8 Å². The molecule has 0 radical (unpaired) electrons. The normalized spacial score (nSPS) is 14.8. The summed E-state index contributed by atoms with van der Waals surface area (Å²) in [6, 6.07) is 11.6. The highest BCUT2D eigenvalue weighted by atomic mass is 19.4.